The molecule has 0 aliphatic carbocycles. The van der Waals surface area contributed by atoms with Crippen molar-refractivity contribution >= 4 is 45.7 Å². The maximum Gasteiger partial charge on any atom is 0.258 e. The number of halogens is 3. The van der Waals surface area contributed by atoms with E-state index >= 15 is 0 Å². The minimum Gasteiger partial charge on any atom is -0.374 e. The summed E-state index contributed by atoms with van der Waals surface area (Å²) in [4.78, 5) is 32.7. The molecule has 29 heavy (non-hydrogen) atoms. The summed E-state index contributed by atoms with van der Waals surface area (Å²) >= 11 is 12.4. The van der Waals surface area contributed by atoms with E-state index in [4.69, 9.17) is 23.2 Å². The van der Waals surface area contributed by atoms with Gasteiger partial charge in [-0.2, -0.15) is 0 Å². The minimum atomic E-state index is -0.626. The Morgan fingerprint density at radius 2 is 2.14 bits per heavy atom. The van der Waals surface area contributed by atoms with Crippen LogP contribution in [0.2, 0.25) is 10.0 Å². The molecule has 1 unspecified atom stereocenters. The normalized spacial score (nSPS) is 16.0. The first-order chi connectivity index (χ1) is 13.8. The van der Waals surface area contributed by atoms with Crippen LogP contribution in [0.1, 0.15) is 24.1 Å². The third-order valence-electron chi connectivity index (χ3n) is 5.17. The molecule has 0 fully saturated rings. The van der Waals surface area contributed by atoms with Crippen LogP contribution in [0.3, 0.4) is 0 Å². The van der Waals surface area contributed by atoms with Gasteiger partial charge in [-0.3, -0.25) is 9.59 Å². The number of anilines is 1. The molecule has 4 rings (SSSR count). The lowest BCUT2D eigenvalue weighted by atomic mass is 9.93. The van der Waals surface area contributed by atoms with Crippen LogP contribution >= 0.6 is 23.2 Å². The Bertz CT molecular complexity index is 1180. The molecular weight excluding hydrogens is 418 g/mol. The van der Waals surface area contributed by atoms with Crippen LogP contribution in [0.4, 0.5) is 10.1 Å². The van der Waals surface area contributed by atoms with Gasteiger partial charge in [0.1, 0.15) is 5.82 Å². The van der Waals surface area contributed by atoms with E-state index in [9.17, 15) is 14.0 Å². The van der Waals surface area contributed by atoms with Gasteiger partial charge in [-0.25, -0.2) is 9.37 Å². The number of hydrogen-bond donors (Lipinski definition) is 2. The molecule has 0 bridgehead atoms. The van der Waals surface area contributed by atoms with Gasteiger partial charge in [0.15, 0.2) is 0 Å². The summed E-state index contributed by atoms with van der Waals surface area (Å²) < 4.78 is 14.4. The zero-order valence-electron chi connectivity index (χ0n) is 15.4. The van der Waals surface area contributed by atoms with Gasteiger partial charge in [0.05, 0.1) is 35.5 Å². The Balaban J connectivity index is 1.52. The zero-order chi connectivity index (χ0) is 20.7. The fourth-order valence-corrected chi connectivity index (χ4v) is 4.43. The van der Waals surface area contributed by atoms with E-state index in [1.165, 1.54) is 12.4 Å². The number of aromatic amines is 1. The second kappa shape index (κ2) is 7.65. The van der Waals surface area contributed by atoms with Crippen molar-refractivity contribution < 1.29 is 9.18 Å². The average molecular weight is 435 g/mol. The molecule has 9 heteroatoms. The molecule has 3 aromatic rings. The Morgan fingerprint density at radius 1 is 1.34 bits per heavy atom. The molecule has 1 amide bonds. The number of nitrogens with zero attached hydrogens (tertiary/aromatic N) is 2. The Hall–Kier alpha value is -2.64. The van der Waals surface area contributed by atoms with Crippen molar-refractivity contribution in [1.29, 1.82) is 0 Å². The number of carbonyl (C=O) groups is 1. The van der Waals surface area contributed by atoms with Gasteiger partial charge in [0, 0.05) is 16.6 Å². The molecule has 0 saturated heterocycles. The van der Waals surface area contributed by atoms with Crippen LogP contribution in [0, 0.1) is 5.82 Å². The van der Waals surface area contributed by atoms with E-state index in [-0.39, 0.29) is 29.6 Å². The molecule has 150 valence electrons. The van der Waals surface area contributed by atoms with Crippen LogP contribution in [-0.2, 0) is 11.2 Å². The maximum atomic E-state index is 14.4. The third-order valence-corrected chi connectivity index (χ3v) is 5.70. The van der Waals surface area contributed by atoms with Crippen molar-refractivity contribution in [3.8, 4) is 0 Å². The van der Waals surface area contributed by atoms with Gasteiger partial charge >= 0.3 is 0 Å². The molecule has 1 atom stereocenters. The van der Waals surface area contributed by atoms with E-state index in [2.05, 4.69) is 15.3 Å². The van der Waals surface area contributed by atoms with Gasteiger partial charge in [-0.15, -0.1) is 0 Å². The summed E-state index contributed by atoms with van der Waals surface area (Å²) in [5, 5.41) is 4.07. The number of nitrogens with one attached hydrogen (secondary N) is 2. The predicted octanol–water partition coefficient (Wildman–Crippen LogP) is 3.93. The summed E-state index contributed by atoms with van der Waals surface area (Å²) in [5.41, 5.74) is 1.95. The number of fused-ring (bicyclic) bond motifs is 2. The van der Waals surface area contributed by atoms with E-state index in [0.717, 1.165) is 17.2 Å². The molecule has 1 aliphatic rings. The molecule has 6 nitrogen and oxygen atoms in total. The van der Waals surface area contributed by atoms with E-state index in [0.29, 0.717) is 28.5 Å². The van der Waals surface area contributed by atoms with Crippen LogP contribution in [-0.4, -0.2) is 33.9 Å². The van der Waals surface area contributed by atoms with Gasteiger partial charge < -0.3 is 15.2 Å². The summed E-state index contributed by atoms with van der Waals surface area (Å²) in [6.45, 7) is 2.32. The van der Waals surface area contributed by atoms with Crippen LogP contribution < -0.4 is 10.9 Å². The number of aromatic nitrogens is 2. The highest BCUT2D eigenvalue weighted by Crippen LogP contribution is 2.36. The maximum absolute atomic E-state index is 14.4. The molecule has 0 spiro atoms. The fourth-order valence-electron chi connectivity index (χ4n) is 3.74. The molecule has 1 aliphatic heterocycles. The lowest BCUT2D eigenvalue weighted by Gasteiger charge is -2.36. The monoisotopic (exact) mass is 434 g/mol. The van der Waals surface area contributed by atoms with Crippen LogP contribution in [0.25, 0.3) is 10.9 Å². The molecule has 2 aromatic carbocycles. The van der Waals surface area contributed by atoms with Crippen molar-refractivity contribution in [2.45, 2.75) is 19.4 Å². The second-order valence-corrected chi connectivity index (χ2v) is 7.75. The summed E-state index contributed by atoms with van der Waals surface area (Å²) in [6.07, 6.45) is 1.89. The quantitative estimate of drug-likeness (QED) is 0.654. The lowest BCUT2D eigenvalue weighted by Crippen LogP contribution is -2.42. The largest absolute Gasteiger partial charge is 0.374 e. The van der Waals surface area contributed by atoms with Crippen LogP contribution in [0.5, 0.6) is 0 Å². The highest BCUT2D eigenvalue weighted by molar-refractivity contribution is 6.35. The zero-order valence-corrected chi connectivity index (χ0v) is 16.9. The second-order valence-electron chi connectivity index (χ2n) is 6.91. The van der Waals surface area contributed by atoms with E-state index < -0.39 is 11.4 Å². The SMILES string of the molecule is CC1c2c(Cl)cc(Cl)cc2CCN1C(=O)CNc1cc2nc[nH]c(=O)c2cc1F. The number of hydrogen-bond acceptors (Lipinski definition) is 4. The van der Waals surface area contributed by atoms with Gasteiger partial charge in [0.25, 0.3) is 5.56 Å². The molecule has 1 aromatic heterocycles. The predicted molar refractivity (Wildman–Crippen MR) is 111 cm³/mol. The first-order valence-corrected chi connectivity index (χ1v) is 9.79. The third kappa shape index (κ3) is 3.68. The number of benzene rings is 2. The Morgan fingerprint density at radius 3 is 2.93 bits per heavy atom. The highest BCUT2D eigenvalue weighted by atomic mass is 35.5. The first-order valence-electron chi connectivity index (χ1n) is 9.03. The fraction of sp³-hybridized carbons (Fsp3) is 0.250. The molecule has 0 radical (unpaired) electrons. The van der Waals surface area contributed by atoms with E-state index in [1.807, 2.05) is 13.0 Å². The van der Waals surface area contributed by atoms with Crippen molar-refractivity contribution in [1.82, 2.24) is 14.9 Å². The van der Waals surface area contributed by atoms with Gasteiger partial charge in [-0.05, 0) is 48.7 Å². The van der Waals surface area contributed by atoms with Crippen LogP contribution in [0.15, 0.2) is 35.4 Å². The standard InChI is InChI=1S/C20H17Cl2FN4O2/c1-10-19-11(4-12(21)5-14(19)22)2-3-27(10)18(28)8-24-17-7-16-13(6-15(17)23)20(29)26-9-25-16/h4-7,9-10,24H,2-3,8H2,1H3,(H,25,26,29). The van der Waals surface area contributed by atoms with Gasteiger partial charge in [-0.1, -0.05) is 23.2 Å². The smallest absolute Gasteiger partial charge is 0.258 e. The number of amides is 1. The van der Waals surface area contributed by atoms with Crippen molar-refractivity contribution in [3.63, 3.8) is 0 Å². The Labute approximate surface area is 175 Å². The Kier molecular flexibility index (Phi) is 5.19. The van der Waals surface area contributed by atoms with Crippen molar-refractivity contribution in [3.05, 3.63) is 67.9 Å². The summed E-state index contributed by atoms with van der Waals surface area (Å²) in [6, 6.07) is 5.85. The average Bonchev–Trinajstić information content (AvgIpc) is 2.66. The molecule has 2 N–H and O–H groups in total. The van der Waals surface area contributed by atoms with Crippen molar-refractivity contribution in [2.75, 3.05) is 18.4 Å². The van der Waals surface area contributed by atoms with Crippen molar-refractivity contribution in [2.24, 2.45) is 0 Å². The number of rotatable bonds is 3. The first kappa shape index (κ1) is 19.7. The van der Waals surface area contributed by atoms with E-state index in [1.54, 1.807) is 11.0 Å². The number of carbonyl (C=O) groups excluding carboxylic acids is 1. The lowest BCUT2D eigenvalue weighted by molar-refractivity contribution is -0.131. The molecule has 2 heterocycles. The topological polar surface area (TPSA) is 78.1 Å². The minimum absolute atomic E-state index is 0.101. The van der Waals surface area contributed by atoms with Gasteiger partial charge in [0.2, 0.25) is 5.91 Å². The summed E-state index contributed by atoms with van der Waals surface area (Å²) in [7, 11) is 0. The molecular formula is C20H17Cl2FN4O2. The molecule has 0 saturated carbocycles. The highest BCUT2D eigenvalue weighted by Gasteiger charge is 2.29. The summed E-state index contributed by atoms with van der Waals surface area (Å²) in [5.74, 6) is -0.814. The number of H-pyrrole nitrogens is 1.